The van der Waals surface area contributed by atoms with Crippen LogP contribution in [0.15, 0.2) is 46.9 Å². The fourth-order valence-electron chi connectivity index (χ4n) is 2.68. The van der Waals surface area contributed by atoms with Gasteiger partial charge in [0, 0.05) is 22.8 Å². The van der Waals surface area contributed by atoms with Crippen LogP contribution in [-0.4, -0.2) is 23.7 Å². The highest BCUT2D eigenvalue weighted by Crippen LogP contribution is 2.32. The number of methoxy groups -OCH3 is 1. The first kappa shape index (κ1) is 14.3. The van der Waals surface area contributed by atoms with Crippen molar-refractivity contribution >= 4 is 11.6 Å². The molecule has 1 heterocycles. The van der Waals surface area contributed by atoms with Crippen LogP contribution < -0.4 is 4.74 Å². The zero-order valence-corrected chi connectivity index (χ0v) is 12.5. The van der Waals surface area contributed by atoms with Crippen LogP contribution in [0.5, 0.6) is 5.75 Å². The standard InChI is InChI=1S/C18H10FNO4/c1-23-11-7-9(6-10(19)8-11)18-20-14-15(21)12-4-2-3-5-13(12)16(22)17(14)24-18/h2-8H,1H3. The molecule has 0 saturated heterocycles. The lowest BCUT2D eigenvalue weighted by Crippen LogP contribution is -2.19. The molecular weight excluding hydrogens is 313 g/mol. The van der Waals surface area contributed by atoms with Crippen molar-refractivity contribution in [3.63, 3.8) is 0 Å². The number of hydrogen-bond donors (Lipinski definition) is 0. The minimum atomic E-state index is -0.540. The summed E-state index contributed by atoms with van der Waals surface area (Å²) >= 11 is 0. The maximum atomic E-state index is 13.7. The second kappa shape index (κ2) is 5.13. The molecule has 24 heavy (non-hydrogen) atoms. The normalized spacial score (nSPS) is 12.8. The second-order valence-electron chi connectivity index (χ2n) is 5.28. The smallest absolute Gasteiger partial charge is 0.231 e. The number of carbonyl (C=O) groups is 2. The summed E-state index contributed by atoms with van der Waals surface area (Å²) in [7, 11) is 1.41. The summed E-state index contributed by atoms with van der Waals surface area (Å²) in [6.07, 6.45) is 0. The summed E-state index contributed by atoms with van der Waals surface area (Å²) < 4.78 is 24.2. The highest BCUT2D eigenvalue weighted by atomic mass is 19.1. The number of ether oxygens (including phenoxy) is 1. The topological polar surface area (TPSA) is 69.4 Å². The van der Waals surface area contributed by atoms with Gasteiger partial charge < -0.3 is 9.15 Å². The zero-order valence-electron chi connectivity index (χ0n) is 12.5. The van der Waals surface area contributed by atoms with Crippen LogP contribution in [0, 0.1) is 5.82 Å². The van der Waals surface area contributed by atoms with Crippen LogP contribution in [0.3, 0.4) is 0 Å². The van der Waals surface area contributed by atoms with E-state index in [4.69, 9.17) is 9.15 Å². The average molecular weight is 323 g/mol. The van der Waals surface area contributed by atoms with Crippen molar-refractivity contribution in [3.8, 4) is 17.2 Å². The van der Waals surface area contributed by atoms with Crippen molar-refractivity contribution in [1.29, 1.82) is 0 Å². The number of carbonyl (C=O) groups excluding carboxylic acids is 2. The van der Waals surface area contributed by atoms with E-state index in [-0.39, 0.29) is 39.8 Å². The van der Waals surface area contributed by atoms with Gasteiger partial charge >= 0.3 is 0 Å². The summed E-state index contributed by atoms with van der Waals surface area (Å²) in [5.74, 6) is -1.20. The Kier molecular flexibility index (Phi) is 3.06. The van der Waals surface area contributed by atoms with Gasteiger partial charge in [-0.2, -0.15) is 0 Å². The summed E-state index contributed by atoms with van der Waals surface area (Å²) in [5.41, 5.74) is 0.782. The summed E-state index contributed by atoms with van der Waals surface area (Å²) in [4.78, 5) is 29.1. The molecule has 0 spiro atoms. The molecule has 0 unspecified atom stereocenters. The molecular formula is C18H10FNO4. The van der Waals surface area contributed by atoms with E-state index in [2.05, 4.69) is 4.98 Å². The van der Waals surface area contributed by atoms with Crippen LogP contribution >= 0.6 is 0 Å². The number of benzene rings is 2. The Balaban J connectivity index is 1.88. The van der Waals surface area contributed by atoms with Crippen LogP contribution in [0.2, 0.25) is 0 Å². The summed E-state index contributed by atoms with van der Waals surface area (Å²) in [6, 6.07) is 10.4. The van der Waals surface area contributed by atoms with Gasteiger partial charge in [-0.15, -0.1) is 0 Å². The lowest BCUT2D eigenvalue weighted by atomic mass is 9.91. The fourth-order valence-corrected chi connectivity index (χ4v) is 2.68. The van der Waals surface area contributed by atoms with E-state index in [1.165, 1.54) is 25.3 Å². The molecule has 0 atom stereocenters. The highest BCUT2D eigenvalue weighted by molar-refractivity contribution is 6.26. The Morgan fingerprint density at radius 3 is 2.46 bits per heavy atom. The van der Waals surface area contributed by atoms with Gasteiger partial charge in [0.05, 0.1) is 7.11 Å². The molecule has 0 saturated carbocycles. The molecule has 1 aliphatic rings. The van der Waals surface area contributed by atoms with Gasteiger partial charge in [0.1, 0.15) is 11.6 Å². The predicted molar refractivity (Wildman–Crippen MR) is 81.8 cm³/mol. The van der Waals surface area contributed by atoms with E-state index in [0.29, 0.717) is 0 Å². The first-order valence-electron chi connectivity index (χ1n) is 7.12. The lowest BCUT2D eigenvalue weighted by Gasteiger charge is -2.10. The number of hydrogen-bond acceptors (Lipinski definition) is 5. The Labute approximate surface area is 135 Å². The van der Waals surface area contributed by atoms with Gasteiger partial charge in [-0.25, -0.2) is 9.37 Å². The van der Waals surface area contributed by atoms with Crippen molar-refractivity contribution in [2.45, 2.75) is 0 Å². The first-order valence-corrected chi connectivity index (χ1v) is 7.12. The number of oxazole rings is 1. The van der Waals surface area contributed by atoms with Crippen molar-refractivity contribution in [2.75, 3.05) is 7.11 Å². The average Bonchev–Trinajstić information content (AvgIpc) is 3.05. The van der Waals surface area contributed by atoms with Crippen LogP contribution in [0.4, 0.5) is 4.39 Å². The molecule has 5 nitrogen and oxygen atoms in total. The minimum absolute atomic E-state index is 0.00712. The SMILES string of the molecule is COc1cc(F)cc(-c2nc3c(o2)C(=O)c2ccccc2C3=O)c1. The molecule has 0 fully saturated rings. The summed E-state index contributed by atoms with van der Waals surface area (Å²) in [5, 5.41) is 0. The minimum Gasteiger partial charge on any atom is -0.497 e. The number of aromatic nitrogens is 1. The van der Waals surface area contributed by atoms with Gasteiger partial charge in [0.25, 0.3) is 0 Å². The predicted octanol–water partition coefficient (Wildman–Crippen LogP) is 3.26. The molecule has 0 bridgehead atoms. The molecule has 2 aromatic carbocycles. The number of ketones is 2. The fraction of sp³-hybridized carbons (Fsp3) is 0.0556. The van der Waals surface area contributed by atoms with E-state index in [0.717, 1.165) is 0 Å². The molecule has 6 heteroatoms. The molecule has 0 amide bonds. The molecule has 3 aromatic rings. The third-order valence-electron chi connectivity index (χ3n) is 3.82. The molecule has 4 rings (SSSR count). The largest absolute Gasteiger partial charge is 0.497 e. The molecule has 1 aliphatic carbocycles. The van der Waals surface area contributed by atoms with Gasteiger partial charge in [-0.3, -0.25) is 9.59 Å². The van der Waals surface area contributed by atoms with E-state index in [1.54, 1.807) is 24.3 Å². The third-order valence-corrected chi connectivity index (χ3v) is 3.82. The third kappa shape index (κ3) is 2.04. The maximum absolute atomic E-state index is 13.7. The molecule has 0 aliphatic heterocycles. The summed E-state index contributed by atoms with van der Waals surface area (Å²) in [6.45, 7) is 0. The molecule has 1 aromatic heterocycles. The number of halogens is 1. The number of fused-ring (bicyclic) bond motifs is 2. The highest BCUT2D eigenvalue weighted by Gasteiger charge is 2.35. The first-order chi connectivity index (χ1) is 11.6. The zero-order chi connectivity index (χ0) is 16.8. The van der Waals surface area contributed by atoms with Gasteiger partial charge in [-0.05, 0) is 12.1 Å². The quantitative estimate of drug-likeness (QED) is 0.566. The van der Waals surface area contributed by atoms with Crippen molar-refractivity contribution in [1.82, 2.24) is 4.98 Å². The van der Waals surface area contributed by atoms with E-state index in [1.807, 2.05) is 0 Å². The monoisotopic (exact) mass is 323 g/mol. The van der Waals surface area contributed by atoms with Gasteiger partial charge in [-0.1, -0.05) is 24.3 Å². The van der Waals surface area contributed by atoms with Gasteiger partial charge in [0.2, 0.25) is 23.2 Å². The van der Waals surface area contributed by atoms with Crippen LogP contribution in [0.25, 0.3) is 11.5 Å². The van der Waals surface area contributed by atoms with Crippen molar-refractivity contribution in [2.24, 2.45) is 0 Å². The second-order valence-corrected chi connectivity index (χ2v) is 5.28. The molecule has 0 N–H and O–H groups in total. The van der Waals surface area contributed by atoms with Crippen LogP contribution in [0.1, 0.15) is 32.2 Å². The number of nitrogens with zero attached hydrogens (tertiary/aromatic N) is 1. The van der Waals surface area contributed by atoms with Crippen LogP contribution in [-0.2, 0) is 0 Å². The Bertz CT molecular complexity index is 954. The lowest BCUT2D eigenvalue weighted by molar-refractivity contribution is 0.0959. The molecule has 0 radical (unpaired) electrons. The van der Waals surface area contributed by atoms with E-state index >= 15 is 0 Å². The Morgan fingerprint density at radius 1 is 1.04 bits per heavy atom. The number of rotatable bonds is 2. The van der Waals surface area contributed by atoms with Crippen molar-refractivity contribution < 1.29 is 23.1 Å². The van der Waals surface area contributed by atoms with E-state index in [9.17, 15) is 14.0 Å². The Hall–Kier alpha value is -3.28. The van der Waals surface area contributed by atoms with Gasteiger partial charge in [0.15, 0.2) is 5.69 Å². The van der Waals surface area contributed by atoms with Crippen molar-refractivity contribution in [3.05, 3.63) is 70.9 Å². The Morgan fingerprint density at radius 2 is 1.75 bits per heavy atom. The molecule has 118 valence electrons. The maximum Gasteiger partial charge on any atom is 0.231 e. The van der Waals surface area contributed by atoms with E-state index < -0.39 is 17.4 Å².